The Morgan fingerprint density at radius 2 is 1.43 bits per heavy atom. The summed E-state index contributed by atoms with van der Waals surface area (Å²) in [5.74, 6) is -1.15. The van der Waals surface area contributed by atoms with Gasteiger partial charge in [0.25, 0.3) is 0 Å². The van der Waals surface area contributed by atoms with Crippen molar-refractivity contribution in [3.63, 3.8) is 0 Å². The smallest absolute Gasteiger partial charge is 0.416 e. The number of amides is 2. The van der Waals surface area contributed by atoms with Crippen LogP contribution >= 0.6 is 0 Å². The number of aliphatic hydroxyl groups excluding tert-OH is 1. The average Bonchev–Trinajstić information content (AvgIpc) is 3.07. The van der Waals surface area contributed by atoms with E-state index in [4.69, 9.17) is 16.2 Å². The zero-order valence-corrected chi connectivity index (χ0v) is 27.2. The van der Waals surface area contributed by atoms with Crippen LogP contribution in [0.15, 0.2) is 89.8 Å². The molecule has 0 spiro atoms. The maximum absolute atomic E-state index is 14.1. The summed E-state index contributed by atoms with van der Waals surface area (Å²) in [6.45, 7) is 0.465. The number of nitrogen functional groups attached to an aromatic ring is 1. The van der Waals surface area contributed by atoms with Gasteiger partial charge in [0.2, 0.25) is 15.9 Å². The van der Waals surface area contributed by atoms with Crippen LogP contribution < -0.4 is 11.5 Å². The molecule has 2 amide bonds. The molecule has 0 aliphatic carbocycles. The van der Waals surface area contributed by atoms with Gasteiger partial charge in [-0.15, -0.1) is 0 Å². The number of alkyl halides is 1. The maximum atomic E-state index is 14.1. The molecule has 0 saturated carbocycles. The molecule has 3 aromatic carbocycles. The number of sulfonamides is 1. The lowest BCUT2D eigenvalue weighted by Gasteiger charge is -2.34. The average molecular weight is 657 g/mol. The van der Waals surface area contributed by atoms with E-state index in [0.29, 0.717) is 24.9 Å². The minimum absolute atomic E-state index is 0.0201. The van der Waals surface area contributed by atoms with E-state index in [9.17, 15) is 27.5 Å². The van der Waals surface area contributed by atoms with E-state index in [-0.39, 0.29) is 24.3 Å². The van der Waals surface area contributed by atoms with Crippen molar-refractivity contribution in [2.24, 2.45) is 5.73 Å². The van der Waals surface area contributed by atoms with Crippen molar-refractivity contribution < 1.29 is 32.2 Å². The molecule has 250 valence electrons. The molecule has 0 aliphatic heterocycles. The van der Waals surface area contributed by atoms with Gasteiger partial charge < -0.3 is 21.3 Å². The summed E-state index contributed by atoms with van der Waals surface area (Å²) >= 11 is 0. The third-order valence-corrected chi connectivity index (χ3v) is 10.1. The molecule has 0 aliphatic rings. The monoisotopic (exact) mass is 656 g/mol. The van der Waals surface area contributed by atoms with Crippen molar-refractivity contribution in [2.75, 3.05) is 32.7 Å². The van der Waals surface area contributed by atoms with Crippen molar-refractivity contribution in [3.05, 3.63) is 96.1 Å². The van der Waals surface area contributed by atoms with Crippen LogP contribution in [0.3, 0.4) is 0 Å². The lowest BCUT2D eigenvalue weighted by Crippen LogP contribution is -2.53. The van der Waals surface area contributed by atoms with Crippen LogP contribution in [0.2, 0.25) is 0 Å². The number of halogens is 1. The van der Waals surface area contributed by atoms with Crippen molar-refractivity contribution in [1.29, 1.82) is 0 Å². The number of aliphatic hydroxyl groups is 1. The van der Waals surface area contributed by atoms with Gasteiger partial charge in [0.15, 0.2) is 0 Å². The van der Waals surface area contributed by atoms with Gasteiger partial charge in [-0.3, -0.25) is 9.18 Å². The van der Waals surface area contributed by atoms with Crippen molar-refractivity contribution in [1.82, 2.24) is 9.21 Å². The highest BCUT2D eigenvalue weighted by Gasteiger charge is 2.38. The van der Waals surface area contributed by atoms with Gasteiger partial charge in [0.1, 0.15) is 0 Å². The number of methoxy groups -OCH3 is 1. The highest BCUT2D eigenvalue weighted by atomic mass is 32.2. The number of nitrogens with two attached hydrogens (primary N) is 2. The molecular weight excluding hydrogens is 611 g/mol. The third-order valence-electron chi connectivity index (χ3n) is 8.10. The SMILES string of the molecule is CC[C@@H](CCC[C@@H](CO)N(CCCF)S(=O)(=O)c1ccc(N)cc1)N(C(=O)OC)C(=O)[C@@H](N)C(c1ccccc1)c1ccccc1. The van der Waals surface area contributed by atoms with Crippen LogP contribution in [0.1, 0.15) is 56.1 Å². The lowest BCUT2D eigenvalue weighted by atomic mass is 9.84. The molecular formula is C34H45FN4O6S. The second kappa shape index (κ2) is 17.7. The third kappa shape index (κ3) is 9.12. The molecule has 5 N–H and O–H groups in total. The van der Waals surface area contributed by atoms with E-state index in [1.54, 1.807) is 0 Å². The first kappa shape index (κ1) is 36.6. The summed E-state index contributed by atoms with van der Waals surface area (Å²) in [6, 6.07) is 21.8. The van der Waals surface area contributed by atoms with Crippen molar-refractivity contribution in [3.8, 4) is 0 Å². The fourth-order valence-electron chi connectivity index (χ4n) is 5.67. The standard InChI is InChI=1S/C34H45FN4O6S/c1-3-28(16-10-17-29(24-40)38(23-11-22-35)46(43,44)30-20-18-27(36)19-21-30)39(34(42)45-2)33(41)32(37)31(25-12-6-4-7-13-25)26-14-8-5-9-15-26/h4-9,12-15,18-21,28-29,31-32,40H,3,10-11,16-17,22-24,36-37H2,1-2H3/t28-,29-,32-/m0/s1. The van der Waals surface area contributed by atoms with Gasteiger partial charge in [0, 0.05) is 30.2 Å². The summed E-state index contributed by atoms with van der Waals surface area (Å²) in [4.78, 5) is 28.2. The number of imide groups is 1. The number of carbonyl (C=O) groups excluding carboxylic acids is 2. The Morgan fingerprint density at radius 3 is 1.91 bits per heavy atom. The van der Waals surface area contributed by atoms with Gasteiger partial charge in [-0.05, 0) is 67.5 Å². The Balaban J connectivity index is 1.84. The fraction of sp³-hybridized carbons (Fsp3) is 0.412. The highest BCUT2D eigenvalue weighted by molar-refractivity contribution is 7.89. The minimum atomic E-state index is -4.08. The quantitative estimate of drug-likeness (QED) is 0.177. The molecule has 0 saturated heterocycles. The van der Waals surface area contributed by atoms with Gasteiger partial charge >= 0.3 is 6.09 Å². The molecule has 0 bridgehead atoms. The summed E-state index contributed by atoms with van der Waals surface area (Å²) in [7, 11) is -2.89. The van der Waals surface area contributed by atoms with E-state index in [1.807, 2.05) is 67.6 Å². The Morgan fingerprint density at radius 1 is 0.891 bits per heavy atom. The number of ether oxygens (including phenoxy) is 1. The first-order valence-electron chi connectivity index (χ1n) is 15.4. The number of hydrogen-bond donors (Lipinski definition) is 3. The number of benzene rings is 3. The van der Waals surface area contributed by atoms with Crippen LogP contribution in [0.5, 0.6) is 0 Å². The van der Waals surface area contributed by atoms with Crippen molar-refractivity contribution in [2.45, 2.75) is 68.0 Å². The summed E-state index contributed by atoms with van der Waals surface area (Å²) in [5.41, 5.74) is 14.4. The van der Waals surface area contributed by atoms with Crippen LogP contribution in [0.4, 0.5) is 14.9 Å². The second-order valence-corrected chi connectivity index (χ2v) is 13.0. The number of rotatable bonds is 17. The minimum Gasteiger partial charge on any atom is -0.452 e. The first-order chi connectivity index (χ1) is 22.1. The predicted molar refractivity (Wildman–Crippen MR) is 176 cm³/mol. The van der Waals surface area contributed by atoms with Gasteiger partial charge in [-0.2, -0.15) is 4.31 Å². The Kier molecular flexibility index (Phi) is 14.1. The fourth-order valence-corrected chi connectivity index (χ4v) is 7.35. The van der Waals surface area contributed by atoms with Crippen molar-refractivity contribution >= 4 is 27.7 Å². The molecule has 3 aromatic rings. The highest BCUT2D eigenvalue weighted by Crippen LogP contribution is 2.30. The van der Waals surface area contributed by atoms with E-state index < -0.39 is 59.3 Å². The molecule has 3 rings (SSSR count). The molecule has 0 unspecified atom stereocenters. The summed E-state index contributed by atoms with van der Waals surface area (Å²) < 4.78 is 46.4. The molecule has 12 heteroatoms. The van der Waals surface area contributed by atoms with E-state index >= 15 is 0 Å². The van der Waals surface area contributed by atoms with E-state index in [2.05, 4.69) is 0 Å². The number of anilines is 1. The summed E-state index contributed by atoms with van der Waals surface area (Å²) in [6.07, 6.45) is 0.314. The maximum Gasteiger partial charge on any atom is 0.416 e. The van der Waals surface area contributed by atoms with Gasteiger partial charge in [-0.25, -0.2) is 18.1 Å². The molecule has 0 heterocycles. The molecule has 46 heavy (non-hydrogen) atoms. The lowest BCUT2D eigenvalue weighted by molar-refractivity contribution is -0.133. The Bertz CT molecular complexity index is 1440. The molecule has 3 atom stereocenters. The van der Waals surface area contributed by atoms with Crippen LogP contribution in [0, 0.1) is 0 Å². The first-order valence-corrected chi connectivity index (χ1v) is 16.8. The van der Waals surface area contributed by atoms with E-state index in [0.717, 1.165) is 20.3 Å². The Hall–Kier alpha value is -3.84. The molecule has 0 radical (unpaired) electrons. The molecule has 0 aromatic heterocycles. The van der Waals surface area contributed by atoms with Gasteiger partial charge in [0.05, 0.1) is 31.3 Å². The number of nitrogens with zero attached hydrogens (tertiary/aromatic N) is 2. The Labute approximate surface area is 271 Å². The molecule has 10 nitrogen and oxygen atoms in total. The topological polar surface area (TPSA) is 156 Å². The number of hydrogen-bond acceptors (Lipinski definition) is 8. The van der Waals surface area contributed by atoms with Gasteiger partial charge in [-0.1, -0.05) is 67.6 Å². The zero-order chi connectivity index (χ0) is 33.7. The number of carbonyl (C=O) groups is 2. The van der Waals surface area contributed by atoms with E-state index in [1.165, 1.54) is 31.4 Å². The largest absolute Gasteiger partial charge is 0.452 e. The van der Waals surface area contributed by atoms with Crippen LogP contribution in [-0.4, -0.2) is 79.8 Å². The molecule has 0 fully saturated rings. The van der Waals surface area contributed by atoms with Crippen LogP contribution in [-0.2, 0) is 19.6 Å². The second-order valence-electron chi connectivity index (χ2n) is 11.1. The summed E-state index contributed by atoms with van der Waals surface area (Å²) in [5, 5.41) is 10.3. The predicted octanol–water partition coefficient (Wildman–Crippen LogP) is 4.68. The van der Waals surface area contributed by atoms with Crippen LogP contribution in [0.25, 0.3) is 0 Å². The normalized spacial score (nSPS) is 13.7. The zero-order valence-electron chi connectivity index (χ0n) is 26.4.